The molecule has 22 heavy (non-hydrogen) atoms. The molecule has 3 saturated heterocycles. The van der Waals surface area contributed by atoms with Crippen LogP contribution in [0.25, 0.3) is 0 Å². The van der Waals surface area contributed by atoms with Crippen LogP contribution < -0.4 is 10.6 Å². The second-order valence-electron chi connectivity index (χ2n) is 6.37. The number of carbonyl (C=O) groups excluding carboxylic acids is 1. The molecule has 2 bridgehead atoms. The molecule has 3 aliphatic heterocycles. The average Bonchev–Trinajstić information content (AvgIpc) is 3.24. The summed E-state index contributed by atoms with van der Waals surface area (Å²) in [6, 6.07) is 2.35. The van der Waals surface area contributed by atoms with E-state index >= 15 is 0 Å². The third-order valence-electron chi connectivity index (χ3n) is 4.91. The van der Waals surface area contributed by atoms with Gasteiger partial charge in [0.05, 0.1) is 24.3 Å². The number of nitrogens with one attached hydrogen (secondary N) is 2. The number of hydrogen-bond acceptors (Lipinski definition) is 4. The molecule has 0 saturated carbocycles. The summed E-state index contributed by atoms with van der Waals surface area (Å²) in [6.45, 7) is 2.01. The molecule has 1 amide bonds. The van der Waals surface area contributed by atoms with Gasteiger partial charge in [-0.25, -0.2) is 0 Å². The monoisotopic (exact) mass is 326 g/mol. The number of hydrogen-bond donors (Lipinski definition) is 2. The molecule has 6 nitrogen and oxygen atoms in total. The third kappa shape index (κ3) is 3.00. The Labute approximate surface area is 136 Å². The number of fused-ring (bicyclic) bond motifs is 2. The lowest BCUT2D eigenvalue weighted by Gasteiger charge is -2.23. The molecular weight excluding hydrogens is 304 g/mol. The lowest BCUT2D eigenvalue weighted by Crippen LogP contribution is -2.41. The zero-order valence-electron chi connectivity index (χ0n) is 12.5. The minimum Gasteiger partial charge on any atom is -0.373 e. The Morgan fingerprint density at radius 3 is 3.00 bits per heavy atom. The number of amides is 1. The van der Waals surface area contributed by atoms with Gasteiger partial charge in [0.15, 0.2) is 0 Å². The van der Waals surface area contributed by atoms with E-state index in [9.17, 15) is 4.79 Å². The molecule has 4 rings (SSSR count). The maximum atomic E-state index is 12.3. The van der Waals surface area contributed by atoms with Crippen molar-refractivity contribution in [2.75, 3.05) is 13.1 Å². The van der Waals surface area contributed by atoms with E-state index in [1.165, 1.54) is 0 Å². The van der Waals surface area contributed by atoms with Gasteiger partial charge in [0.1, 0.15) is 5.69 Å². The summed E-state index contributed by atoms with van der Waals surface area (Å²) in [5.74, 6) is -0.0707. The van der Waals surface area contributed by atoms with Crippen LogP contribution in [-0.4, -0.2) is 47.0 Å². The molecule has 7 heteroatoms. The van der Waals surface area contributed by atoms with Gasteiger partial charge in [-0.1, -0.05) is 0 Å². The van der Waals surface area contributed by atoms with E-state index in [2.05, 4.69) is 15.7 Å². The Morgan fingerprint density at radius 1 is 1.41 bits per heavy atom. The first-order chi connectivity index (χ1) is 10.3. The van der Waals surface area contributed by atoms with E-state index in [1.807, 2.05) is 16.9 Å². The highest BCUT2D eigenvalue weighted by Crippen LogP contribution is 2.34. The SMILES string of the molecule is Cl.O=C(NC1CC2CCC1O2)c1ccn(C2CCCNC2)n1. The first-order valence-corrected chi connectivity index (χ1v) is 8.02. The van der Waals surface area contributed by atoms with Gasteiger partial charge in [0, 0.05) is 12.7 Å². The lowest BCUT2D eigenvalue weighted by atomic mass is 9.95. The maximum Gasteiger partial charge on any atom is 0.272 e. The number of carbonyl (C=O) groups is 1. The van der Waals surface area contributed by atoms with Crippen LogP contribution in [0.3, 0.4) is 0 Å². The van der Waals surface area contributed by atoms with Crippen molar-refractivity contribution in [1.29, 1.82) is 0 Å². The highest BCUT2D eigenvalue weighted by Gasteiger charge is 2.41. The zero-order valence-corrected chi connectivity index (χ0v) is 13.3. The minimum atomic E-state index is -0.0707. The summed E-state index contributed by atoms with van der Waals surface area (Å²) in [6.07, 6.45) is 7.92. The molecule has 0 spiro atoms. The summed E-state index contributed by atoms with van der Waals surface area (Å²) >= 11 is 0. The molecule has 4 heterocycles. The maximum absolute atomic E-state index is 12.3. The minimum absolute atomic E-state index is 0. The van der Waals surface area contributed by atoms with Crippen molar-refractivity contribution in [3.05, 3.63) is 18.0 Å². The fourth-order valence-corrected chi connectivity index (χ4v) is 3.75. The van der Waals surface area contributed by atoms with E-state index in [-0.39, 0.29) is 30.5 Å². The van der Waals surface area contributed by atoms with Crippen molar-refractivity contribution in [2.24, 2.45) is 0 Å². The van der Waals surface area contributed by atoms with Crippen LogP contribution in [0.4, 0.5) is 0 Å². The average molecular weight is 327 g/mol. The standard InChI is InChI=1S/C15H22N4O2.ClH/c20-15(17-13-8-11-3-4-14(13)21-11)12-5-7-19(18-12)10-2-1-6-16-9-10;/h5,7,10-11,13-14,16H,1-4,6,8-9H2,(H,17,20);1H. The highest BCUT2D eigenvalue weighted by atomic mass is 35.5. The first kappa shape index (κ1) is 15.8. The largest absolute Gasteiger partial charge is 0.373 e. The number of aromatic nitrogens is 2. The second-order valence-corrected chi connectivity index (χ2v) is 6.37. The van der Waals surface area contributed by atoms with Crippen LogP contribution in [0, 0.1) is 0 Å². The van der Waals surface area contributed by atoms with Gasteiger partial charge in [0.25, 0.3) is 5.91 Å². The van der Waals surface area contributed by atoms with E-state index < -0.39 is 0 Å². The van der Waals surface area contributed by atoms with Gasteiger partial charge in [-0.3, -0.25) is 9.48 Å². The molecule has 1 aromatic heterocycles. The van der Waals surface area contributed by atoms with Crippen LogP contribution in [-0.2, 0) is 4.74 Å². The number of nitrogens with zero attached hydrogens (tertiary/aromatic N) is 2. The molecule has 2 N–H and O–H groups in total. The van der Waals surface area contributed by atoms with Crippen LogP contribution in [0.15, 0.2) is 12.3 Å². The Balaban J connectivity index is 0.00000144. The topological polar surface area (TPSA) is 68.2 Å². The normalized spacial score (nSPS) is 33.5. The molecular formula is C15H23ClN4O2. The number of ether oxygens (including phenoxy) is 1. The number of piperidine rings is 1. The van der Waals surface area contributed by atoms with Crippen molar-refractivity contribution in [1.82, 2.24) is 20.4 Å². The summed E-state index contributed by atoms with van der Waals surface area (Å²) in [5, 5.41) is 10.9. The van der Waals surface area contributed by atoms with Crippen LogP contribution in [0.5, 0.6) is 0 Å². The number of rotatable bonds is 3. The van der Waals surface area contributed by atoms with E-state index in [0.717, 1.165) is 45.2 Å². The summed E-state index contributed by atoms with van der Waals surface area (Å²) in [7, 11) is 0. The van der Waals surface area contributed by atoms with Crippen molar-refractivity contribution >= 4 is 18.3 Å². The highest BCUT2D eigenvalue weighted by molar-refractivity contribution is 5.92. The zero-order chi connectivity index (χ0) is 14.2. The molecule has 3 fully saturated rings. The first-order valence-electron chi connectivity index (χ1n) is 8.02. The van der Waals surface area contributed by atoms with Crippen LogP contribution >= 0.6 is 12.4 Å². The summed E-state index contributed by atoms with van der Waals surface area (Å²) in [4.78, 5) is 12.3. The number of halogens is 1. The quantitative estimate of drug-likeness (QED) is 0.878. The smallest absolute Gasteiger partial charge is 0.272 e. The fourth-order valence-electron chi connectivity index (χ4n) is 3.75. The van der Waals surface area contributed by atoms with E-state index in [4.69, 9.17) is 4.74 Å². The van der Waals surface area contributed by atoms with Gasteiger partial charge in [-0.2, -0.15) is 5.10 Å². The molecule has 122 valence electrons. The molecule has 1 aromatic rings. The third-order valence-corrected chi connectivity index (χ3v) is 4.91. The lowest BCUT2D eigenvalue weighted by molar-refractivity contribution is 0.0836. The second kappa shape index (κ2) is 6.56. The van der Waals surface area contributed by atoms with Crippen molar-refractivity contribution in [2.45, 2.75) is 56.4 Å². The molecule has 0 aliphatic carbocycles. The molecule has 4 unspecified atom stereocenters. The summed E-state index contributed by atoms with van der Waals surface area (Å²) < 4.78 is 7.70. The van der Waals surface area contributed by atoms with E-state index in [0.29, 0.717) is 17.8 Å². The molecule has 3 aliphatic rings. The molecule has 0 aromatic carbocycles. The van der Waals surface area contributed by atoms with Gasteiger partial charge < -0.3 is 15.4 Å². The van der Waals surface area contributed by atoms with Gasteiger partial charge in [-0.05, 0) is 44.7 Å². The predicted octanol–water partition coefficient (Wildman–Crippen LogP) is 1.28. The van der Waals surface area contributed by atoms with Crippen LogP contribution in [0.1, 0.15) is 48.6 Å². The predicted molar refractivity (Wildman–Crippen MR) is 84.4 cm³/mol. The Bertz CT molecular complexity index is 529. The Hall–Kier alpha value is -1.11. The van der Waals surface area contributed by atoms with Crippen molar-refractivity contribution in [3.8, 4) is 0 Å². The molecule has 0 radical (unpaired) electrons. The molecule has 4 atom stereocenters. The van der Waals surface area contributed by atoms with Gasteiger partial charge in [0.2, 0.25) is 0 Å². The van der Waals surface area contributed by atoms with Gasteiger partial charge >= 0.3 is 0 Å². The fraction of sp³-hybridized carbons (Fsp3) is 0.733. The summed E-state index contributed by atoms with van der Waals surface area (Å²) in [5.41, 5.74) is 0.517. The van der Waals surface area contributed by atoms with Crippen molar-refractivity contribution in [3.63, 3.8) is 0 Å². The van der Waals surface area contributed by atoms with Crippen LogP contribution in [0.2, 0.25) is 0 Å². The Morgan fingerprint density at radius 2 is 2.32 bits per heavy atom. The Kier molecular flexibility index (Phi) is 4.70. The van der Waals surface area contributed by atoms with E-state index in [1.54, 1.807) is 0 Å². The van der Waals surface area contributed by atoms with Crippen molar-refractivity contribution < 1.29 is 9.53 Å². The van der Waals surface area contributed by atoms with Gasteiger partial charge in [-0.15, -0.1) is 12.4 Å².